The number of fused-ring (bicyclic) bond motifs is 1. The van der Waals surface area contributed by atoms with E-state index in [-0.39, 0.29) is 4.90 Å². The van der Waals surface area contributed by atoms with E-state index in [1.165, 1.54) is 12.1 Å². The van der Waals surface area contributed by atoms with Crippen molar-refractivity contribution in [2.45, 2.75) is 4.90 Å². The van der Waals surface area contributed by atoms with Gasteiger partial charge in [-0.2, -0.15) is 5.10 Å². The van der Waals surface area contributed by atoms with E-state index in [9.17, 15) is 12.8 Å². The van der Waals surface area contributed by atoms with E-state index in [0.717, 1.165) is 17.8 Å². The summed E-state index contributed by atoms with van der Waals surface area (Å²) in [7, 11) is -3.64. The molecule has 0 amide bonds. The van der Waals surface area contributed by atoms with Crippen molar-refractivity contribution in [3.8, 4) is 0 Å². The van der Waals surface area contributed by atoms with Gasteiger partial charge in [0, 0.05) is 18.1 Å². The average molecular weight is 306 g/mol. The van der Waals surface area contributed by atoms with Crippen LogP contribution in [0, 0.1) is 5.82 Å². The van der Waals surface area contributed by atoms with Crippen molar-refractivity contribution < 1.29 is 12.8 Å². The summed E-state index contributed by atoms with van der Waals surface area (Å²) in [5, 5.41) is 9.79. The second kappa shape index (κ2) is 4.81. The van der Waals surface area contributed by atoms with E-state index >= 15 is 0 Å². The number of nitrogens with one attached hydrogen (secondary N) is 2. The number of hydrogen-bond donors (Lipinski definition) is 2. The normalized spacial score (nSPS) is 11.7. The molecule has 0 fully saturated rings. The lowest BCUT2D eigenvalue weighted by atomic mass is 10.3. The van der Waals surface area contributed by atoms with E-state index in [2.05, 4.69) is 20.5 Å². The summed E-state index contributed by atoms with van der Waals surface area (Å²) >= 11 is 0. The third-order valence-corrected chi connectivity index (χ3v) is 4.03. The van der Waals surface area contributed by atoms with E-state index in [4.69, 9.17) is 0 Å². The Morgan fingerprint density at radius 3 is 2.86 bits per heavy atom. The Morgan fingerprint density at radius 2 is 2.10 bits per heavy atom. The highest BCUT2D eigenvalue weighted by atomic mass is 32.2. The van der Waals surface area contributed by atoms with Gasteiger partial charge in [-0.15, -0.1) is 0 Å². The van der Waals surface area contributed by atoms with Gasteiger partial charge in [0.2, 0.25) is 0 Å². The van der Waals surface area contributed by atoms with Crippen molar-refractivity contribution in [1.29, 1.82) is 0 Å². The molecule has 0 aliphatic rings. The number of sulfone groups is 1. The number of nitrogens with zero attached hydrogens (tertiary/aromatic N) is 2. The lowest BCUT2D eigenvalue weighted by molar-refractivity contribution is 0.571. The minimum Gasteiger partial charge on any atom is -0.337 e. The first-order chi connectivity index (χ1) is 9.95. The molecule has 0 spiro atoms. The van der Waals surface area contributed by atoms with Crippen LogP contribution in [0.2, 0.25) is 0 Å². The van der Waals surface area contributed by atoms with Gasteiger partial charge in [0.15, 0.2) is 15.7 Å². The number of pyridine rings is 1. The minimum absolute atomic E-state index is 0.361. The highest BCUT2D eigenvalue weighted by Crippen LogP contribution is 2.25. The molecule has 8 heteroatoms. The molecule has 6 nitrogen and oxygen atoms in total. The molecule has 0 saturated carbocycles. The van der Waals surface area contributed by atoms with Crippen LogP contribution < -0.4 is 5.32 Å². The summed E-state index contributed by atoms with van der Waals surface area (Å²) in [6.07, 6.45) is 2.58. The second-order valence-corrected chi connectivity index (χ2v) is 6.50. The lowest BCUT2D eigenvalue weighted by Crippen LogP contribution is -2.02. The van der Waals surface area contributed by atoms with Crippen molar-refractivity contribution in [3.63, 3.8) is 0 Å². The van der Waals surface area contributed by atoms with Crippen LogP contribution in [0.25, 0.3) is 11.0 Å². The zero-order valence-electron chi connectivity index (χ0n) is 11.0. The molecule has 3 aromatic rings. The van der Waals surface area contributed by atoms with Crippen molar-refractivity contribution in [3.05, 3.63) is 42.3 Å². The first-order valence-corrected chi connectivity index (χ1v) is 7.90. The van der Waals surface area contributed by atoms with E-state index in [1.807, 2.05) is 6.07 Å². The van der Waals surface area contributed by atoms with E-state index < -0.39 is 15.7 Å². The standard InChI is InChI=1S/C13H11FN4O2S/c1-21(19,20)11-7-8(4-5-9(11)14)16-13-12-10(17-18-13)3-2-6-15-12/h2-7H,1H3,(H2,16,17,18). The maximum absolute atomic E-state index is 13.6. The Hall–Kier alpha value is -2.48. The van der Waals surface area contributed by atoms with Crippen molar-refractivity contribution in [2.24, 2.45) is 0 Å². The number of H-pyrrole nitrogens is 1. The summed E-state index contributed by atoms with van der Waals surface area (Å²) in [5.74, 6) is -0.343. The number of hydrogen-bond acceptors (Lipinski definition) is 5. The average Bonchev–Trinajstić information content (AvgIpc) is 2.83. The summed E-state index contributed by atoms with van der Waals surface area (Å²) < 4.78 is 36.6. The molecule has 2 N–H and O–H groups in total. The molecule has 0 aliphatic heterocycles. The number of halogens is 1. The zero-order chi connectivity index (χ0) is 15.0. The van der Waals surface area contributed by atoms with Crippen LogP contribution in [0.4, 0.5) is 15.9 Å². The SMILES string of the molecule is CS(=O)(=O)c1cc(Nc2n[nH]c3cccnc23)ccc1F. The van der Waals surface area contributed by atoms with Gasteiger partial charge in [-0.3, -0.25) is 10.1 Å². The largest absolute Gasteiger partial charge is 0.337 e. The number of aromatic nitrogens is 3. The van der Waals surface area contributed by atoms with Crippen molar-refractivity contribution in [1.82, 2.24) is 15.2 Å². The molecule has 21 heavy (non-hydrogen) atoms. The van der Waals surface area contributed by atoms with E-state index in [0.29, 0.717) is 17.0 Å². The zero-order valence-corrected chi connectivity index (χ0v) is 11.8. The topological polar surface area (TPSA) is 87.7 Å². The predicted octanol–water partition coefficient (Wildman–Crippen LogP) is 2.24. The molecule has 3 rings (SSSR count). The van der Waals surface area contributed by atoms with Crippen LogP contribution in [0.1, 0.15) is 0 Å². The molecule has 0 saturated heterocycles. The Morgan fingerprint density at radius 1 is 1.29 bits per heavy atom. The van der Waals surface area contributed by atoms with Crippen molar-refractivity contribution >= 4 is 32.4 Å². The van der Waals surface area contributed by atoms with E-state index in [1.54, 1.807) is 12.3 Å². The number of rotatable bonds is 3. The Kier molecular flexibility index (Phi) is 3.09. The molecule has 1 aromatic carbocycles. The van der Waals surface area contributed by atoms with Gasteiger partial charge in [-0.25, -0.2) is 12.8 Å². The summed E-state index contributed by atoms with van der Waals surface area (Å²) in [6, 6.07) is 7.35. The third-order valence-electron chi connectivity index (χ3n) is 2.91. The van der Waals surface area contributed by atoms with Gasteiger partial charge < -0.3 is 5.32 Å². The summed E-state index contributed by atoms with van der Waals surface area (Å²) in [5.41, 5.74) is 1.77. The van der Waals surface area contributed by atoms with Crippen LogP contribution in [0.3, 0.4) is 0 Å². The molecular formula is C13H11FN4O2S. The highest BCUT2D eigenvalue weighted by Gasteiger charge is 2.15. The molecule has 0 unspecified atom stereocenters. The van der Waals surface area contributed by atoms with Crippen LogP contribution in [-0.2, 0) is 9.84 Å². The van der Waals surface area contributed by atoms with Crippen LogP contribution in [0.15, 0.2) is 41.4 Å². The molecule has 2 heterocycles. The molecule has 0 atom stereocenters. The second-order valence-electron chi connectivity index (χ2n) is 4.51. The minimum atomic E-state index is -3.64. The Bertz CT molecular complexity index is 921. The maximum Gasteiger partial charge on any atom is 0.178 e. The number of aromatic amines is 1. The van der Waals surface area contributed by atoms with Gasteiger partial charge >= 0.3 is 0 Å². The molecule has 2 aromatic heterocycles. The molecular weight excluding hydrogens is 295 g/mol. The first kappa shape index (κ1) is 13.5. The van der Waals surface area contributed by atoms with Crippen LogP contribution in [-0.4, -0.2) is 29.9 Å². The lowest BCUT2D eigenvalue weighted by Gasteiger charge is -2.06. The predicted molar refractivity (Wildman–Crippen MR) is 76.7 cm³/mol. The van der Waals surface area contributed by atoms with Gasteiger partial charge in [0.05, 0.1) is 5.52 Å². The van der Waals surface area contributed by atoms with Crippen molar-refractivity contribution in [2.75, 3.05) is 11.6 Å². The smallest absolute Gasteiger partial charge is 0.178 e. The fourth-order valence-corrected chi connectivity index (χ4v) is 2.71. The molecule has 0 radical (unpaired) electrons. The van der Waals surface area contributed by atoms with Gasteiger partial charge in [-0.05, 0) is 30.3 Å². The number of anilines is 2. The summed E-state index contributed by atoms with van der Waals surface area (Å²) in [4.78, 5) is 3.82. The fraction of sp³-hybridized carbons (Fsp3) is 0.0769. The van der Waals surface area contributed by atoms with Crippen LogP contribution >= 0.6 is 0 Å². The first-order valence-electron chi connectivity index (χ1n) is 6.01. The molecule has 0 bridgehead atoms. The maximum atomic E-state index is 13.6. The van der Waals surface area contributed by atoms with Gasteiger partial charge in [-0.1, -0.05) is 0 Å². The Balaban J connectivity index is 2.03. The fourth-order valence-electron chi connectivity index (χ4n) is 1.94. The highest BCUT2D eigenvalue weighted by molar-refractivity contribution is 7.90. The molecule has 0 aliphatic carbocycles. The summed E-state index contributed by atoms with van der Waals surface area (Å²) in [6.45, 7) is 0. The quantitative estimate of drug-likeness (QED) is 0.775. The monoisotopic (exact) mass is 306 g/mol. The van der Waals surface area contributed by atoms with Crippen LogP contribution in [0.5, 0.6) is 0 Å². The molecule has 108 valence electrons. The van der Waals surface area contributed by atoms with Gasteiger partial charge in [0.25, 0.3) is 0 Å². The van der Waals surface area contributed by atoms with Gasteiger partial charge in [0.1, 0.15) is 16.2 Å². The Labute approximate surface area is 119 Å². The number of benzene rings is 1. The third kappa shape index (κ3) is 2.57.